The molecule has 0 aliphatic carbocycles. The van der Waals surface area contributed by atoms with E-state index in [0.29, 0.717) is 6.54 Å². The first kappa shape index (κ1) is 23.4. The van der Waals surface area contributed by atoms with Gasteiger partial charge in [-0.25, -0.2) is 0 Å². The number of ether oxygens (including phenoxy) is 2. The van der Waals surface area contributed by atoms with E-state index in [0.717, 1.165) is 50.1 Å². The molecule has 0 amide bonds. The van der Waals surface area contributed by atoms with Crippen LogP contribution in [0.5, 0.6) is 5.75 Å². The molecule has 158 valence electrons. The number of guanidine groups is 1. The van der Waals surface area contributed by atoms with Crippen LogP contribution in [0.25, 0.3) is 0 Å². The number of morpholine rings is 1. The summed E-state index contributed by atoms with van der Waals surface area (Å²) in [4.78, 5) is 6.85. The Balaban J connectivity index is 0.00000300. The lowest BCUT2D eigenvalue weighted by Crippen LogP contribution is -2.46. The van der Waals surface area contributed by atoms with E-state index in [2.05, 4.69) is 56.9 Å². The fraction of sp³-hybridized carbons (Fsp3) is 0.409. The second-order valence-corrected chi connectivity index (χ2v) is 6.69. The summed E-state index contributed by atoms with van der Waals surface area (Å²) in [7, 11) is 3.49. The minimum Gasteiger partial charge on any atom is -0.496 e. The summed E-state index contributed by atoms with van der Waals surface area (Å²) in [6, 6.07) is 18.9. The van der Waals surface area contributed by atoms with E-state index in [-0.39, 0.29) is 30.0 Å². The van der Waals surface area contributed by atoms with Crippen LogP contribution in [0.2, 0.25) is 0 Å². The van der Waals surface area contributed by atoms with Crippen LogP contribution in [0.4, 0.5) is 0 Å². The van der Waals surface area contributed by atoms with Gasteiger partial charge in [0.05, 0.1) is 26.4 Å². The summed E-state index contributed by atoms with van der Waals surface area (Å²) in [5, 5.41) is 6.87. The lowest BCUT2D eigenvalue weighted by molar-refractivity contribution is 0.0170. The molecular formula is C22H31IN4O2. The Bertz CT molecular complexity index is 751. The lowest BCUT2D eigenvalue weighted by atomic mass is 10.0. The molecule has 1 unspecified atom stereocenters. The number of rotatable bonds is 7. The third-order valence-electron chi connectivity index (χ3n) is 5.00. The number of methoxy groups -OCH3 is 1. The minimum atomic E-state index is 0. The van der Waals surface area contributed by atoms with Crippen molar-refractivity contribution in [2.24, 2.45) is 4.99 Å². The van der Waals surface area contributed by atoms with Crippen molar-refractivity contribution in [1.82, 2.24) is 15.5 Å². The fourth-order valence-corrected chi connectivity index (χ4v) is 3.46. The topological polar surface area (TPSA) is 58.1 Å². The van der Waals surface area contributed by atoms with Gasteiger partial charge in [-0.15, -0.1) is 24.0 Å². The van der Waals surface area contributed by atoms with E-state index in [1.165, 1.54) is 5.56 Å². The average molecular weight is 510 g/mol. The quantitative estimate of drug-likeness (QED) is 0.341. The maximum atomic E-state index is 5.53. The highest BCUT2D eigenvalue weighted by molar-refractivity contribution is 14.0. The predicted molar refractivity (Wildman–Crippen MR) is 128 cm³/mol. The molecule has 0 radical (unpaired) electrons. The largest absolute Gasteiger partial charge is 0.496 e. The Kier molecular flexibility index (Phi) is 10.2. The summed E-state index contributed by atoms with van der Waals surface area (Å²) in [6.45, 7) is 4.87. The zero-order valence-corrected chi connectivity index (χ0v) is 19.5. The third-order valence-corrected chi connectivity index (χ3v) is 5.00. The number of hydrogen-bond acceptors (Lipinski definition) is 4. The Morgan fingerprint density at radius 1 is 1.07 bits per heavy atom. The van der Waals surface area contributed by atoms with E-state index in [4.69, 9.17) is 9.47 Å². The SMILES string of the molecule is CN=C(NCc1ccccc1OC)NCC(c1ccccc1)N1CCOCC1.I. The first-order valence-electron chi connectivity index (χ1n) is 9.75. The molecule has 29 heavy (non-hydrogen) atoms. The summed E-state index contributed by atoms with van der Waals surface area (Å²) in [6.07, 6.45) is 0. The van der Waals surface area contributed by atoms with Crippen LogP contribution in [-0.4, -0.2) is 57.9 Å². The van der Waals surface area contributed by atoms with Crippen LogP contribution >= 0.6 is 24.0 Å². The van der Waals surface area contributed by atoms with E-state index >= 15 is 0 Å². The standard InChI is InChI=1S/C22H30N4O2.HI/c1-23-22(24-16-19-10-6-7-11-21(19)27-2)25-17-20(18-8-4-3-5-9-18)26-12-14-28-15-13-26;/h3-11,20H,12-17H2,1-2H3,(H2,23,24,25);1H. The summed E-state index contributed by atoms with van der Waals surface area (Å²) in [5.74, 6) is 1.65. The van der Waals surface area contributed by atoms with E-state index in [9.17, 15) is 0 Å². The highest BCUT2D eigenvalue weighted by Crippen LogP contribution is 2.21. The fourth-order valence-electron chi connectivity index (χ4n) is 3.46. The molecule has 1 heterocycles. The number of hydrogen-bond donors (Lipinski definition) is 2. The van der Waals surface area contributed by atoms with Crippen LogP contribution < -0.4 is 15.4 Å². The van der Waals surface area contributed by atoms with Gasteiger partial charge in [-0.3, -0.25) is 9.89 Å². The monoisotopic (exact) mass is 510 g/mol. The Labute approximate surface area is 190 Å². The van der Waals surface area contributed by atoms with Gasteiger partial charge in [0.25, 0.3) is 0 Å². The molecule has 2 aromatic carbocycles. The molecule has 0 aromatic heterocycles. The molecule has 7 heteroatoms. The molecule has 2 aromatic rings. The maximum Gasteiger partial charge on any atom is 0.191 e. The van der Waals surface area contributed by atoms with E-state index < -0.39 is 0 Å². The van der Waals surface area contributed by atoms with Crippen LogP contribution in [0, 0.1) is 0 Å². The van der Waals surface area contributed by atoms with Gasteiger partial charge in [0.2, 0.25) is 0 Å². The number of nitrogens with zero attached hydrogens (tertiary/aromatic N) is 2. The molecule has 1 aliphatic rings. The molecule has 0 spiro atoms. The van der Waals surface area contributed by atoms with Gasteiger partial charge in [-0.2, -0.15) is 0 Å². The zero-order valence-electron chi connectivity index (χ0n) is 17.1. The maximum absolute atomic E-state index is 5.53. The molecule has 3 rings (SSSR count). The highest BCUT2D eigenvalue weighted by Gasteiger charge is 2.22. The van der Waals surface area contributed by atoms with Gasteiger partial charge in [0.1, 0.15) is 5.75 Å². The zero-order chi connectivity index (χ0) is 19.6. The molecule has 0 saturated carbocycles. The van der Waals surface area contributed by atoms with E-state index in [1.807, 2.05) is 18.2 Å². The third kappa shape index (κ3) is 6.87. The molecule has 0 bridgehead atoms. The summed E-state index contributed by atoms with van der Waals surface area (Å²) in [5.41, 5.74) is 2.40. The van der Waals surface area contributed by atoms with Crippen molar-refractivity contribution in [1.29, 1.82) is 0 Å². The number of para-hydroxylation sites is 1. The summed E-state index contributed by atoms with van der Waals surface area (Å²) < 4.78 is 11.0. The Morgan fingerprint density at radius 3 is 2.45 bits per heavy atom. The van der Waals surface area contributed by atoms with Crippen molar-refractivity contribution in [2.45, 2.75) is 12.6 Å². The van der Waals surface area contributed by atoms with Crippen LogP contribution in [0.3, 0.4) is 0 Å². The second-order valence-electron chi connectivity index (χ2n) is 6.69. The van der Waals surface area contributed by atoms with Crippen molar-refractivity contribution in [3.8, 4) is 5.75 Å². The molecule has 1 atom stereocenters. The Morgan fingerprint density at radius 2 is 1.76 bits per heavy atom. The van der Waals surface area contributed by atoms with Gasteiger partial charge in [0, 0.05) is 38.8 Å². The van der Waals surface area contributed by atoms with Gasteiger partial charge >= 0.3 is 0 Å². The van der Waals surface area contributed by atoms with Crippen molar-refractivity contribution in [3.63, 3.8) is 0 Å². The van der Waals surface area contributed by atoms with Crippen molar-refractivity contribution < 1.29 is 9.47 Å². The van der Waals surface area contributed by atoms with Gasteiger partial charge in [-0.05, 0) is 11.6 Å². The number of nitrogens with one attached hydrogen (secondary N) is 2. The second kappa shape index (κ2) is 12.7. The van der Waals surface area contributed by atoms with Crippen molar-refractivity contribution >= 4 is 29.9 Å². The molecule has 1 saturated heterocycles. The number of halogens is 1. The normalized spacial score (nSPS) is 15.9. The highest BCUT2D eigenvalue weighted by atomic mass is 127. The number of benzene rings is 2. The first-order valence-corrected chi connectivity index (χ1v) is 9.75. The Hall–Kier alpha value is -1.84. The van der Waals surface area contributed by atoms with Crippen LogP contribution in [0.1, 0.15) is 17.2 Å². The van der Waals surface area contributed by atoms with Gasteiger partial charge < -0.3 is 20.1 Å². The lowest BCUT2D eigenvalue weighted by Gasteiger charge is -2.35. The summed E-state index contributed by atoms with van der Waals surface area (Å²) >= 11 is 0. The van der Waals surface area contributed by atoms with Crippen LogP contribution in [-0.2, 0) is 11.3 Å². The minimum absolute atomic E-state index is 0. The van der Waals surface area contributed by atoms with E-state index in [1.54, 1.807) is 14.2 Å². The first-order chi connectivity index (χ1) is 13.8. The molecule has 1 fully saturated rings. The van der Waals surface area contributed by atoms with Crippen molar-refractivity contribution in [3.05, 3.63) is 65.7 Å². The smallest absolute Gasteiger partial charge is 0.191 e. The van der Waals surface area contributed by atoms with Crippen molar-refractivity contribution in [2.75, 3.05) is 47.0 Å². The average Bonchev–Trinajstić information content (AvgIpc) is 2.77. The molecule has 2 N–H and O–H groups in total. The molecular weight excluding hydrogens is 479 g/mol. The molecule has 1 aliphatic heterocycles. The number of aliphatic imine (C=N–C) groups is 1. The molecule has 6 nitrogen and oxygen atoms in total. The van der Waals surface area contributed by atoms with Gasteiger partial charge in [-0.1, -0.05) is 48.5 Å². The predicted octanol–water partition coefficient (Wildman–Crippen LogP) is 3.05. The van der Waals surface area contributed by atoms with Gasteiger partial charge in [0.15, 0.2) is 5.96 Å². The van der Waals surface area contributed by atoms with Crippen LogP contribution in [0.15, 0.2) is 59.6 Å².